The Bertz CT molecular complexity index is 1470. The van der Waals surface area contributed by atoms with E-state index in [4.69, 9.17) is 14.5 Å². The Hall–Kier alpha value is -2.82. The van der Waals surface area contributed by atoms with Crippen molar-refractivity contribution in [2.75, 3.05) is 11.1 Å². The lowest BCUT2D eigenvalue weighted by Crippen LogP contribution is -2.08. The molecular formula is C21H19N5O3S2. The SMILES string of the molecule is Cc1cnc2c3c(c4ncc(C)nc4c2n1)Sc1c(CCCS(=O)(=O)O)cccc1N3. The molecule has 0 saturated heterocycles. The van der Waals surface area contributed by atoms with Gasteiger partial charge in [-0.2, -0.15) is 8.42 Å². The lowest BCUT2D eigenvalue weighted by molar-refractivity contribution is 0.481. The van der Waals surface area contributed by atoms with Gasteiger partial charge in [0.15, 0.2) is 0 Å². The molecule has 0 unspecified atom stereocenters. The third-order valence-electron chi connectivity index (χ3n) is 5.10. The molecule has 1 aliphatic heterocycles. The summed E-state index contributed by atoms with van der Waals surface area (Å²) < 4.78 is 31.3. The molecule has 2 aromatic heterocycles. The van der Waals surface area contributed by atoms with Crippen molar-refractivity contribution in [1.82, 2.24) is 19.9 Å². The fraction of sp³-hybridized carbons (Fsp3) is 0.238. The van der Waals surface area contributed by atoms with Gasteiger partial charge in [-0.3, -0.25) is 14.5 Å². The van der Waals surface area contributed by atoms with Crippen LogP contribution < -0.4 is 5.32 Å². The maximum absolute atomic E-state index is 11.1. The molecule has 10 heteroatoms. The second-order valence-electron chi connectivity index (χ2n) is 7.53. The number of benzene rings is 2. The fourth-order valence-electron chi connectivity index (χ4n) is 3.76. The third-order valence-corrected chi connectivity index (χ3v) is 7.19. The van der Waals surface area contributed by atoms with Crippen molar-refractivity contribution >= 4 is 55.3 Å². The first-order chi connectivity index (χ1) is 14.8. The minimum Gasteiger partial charge on any atom is -0.352 e. The number of fused-ring (bicyclic) bond motifs is 7. The van der Waals surface area contributed by atoms with Crippen LogP contribution in [0.3, 0.4) is 0 Å². The number of anilines is 2. The number of aromatic nitrogens is 4. The average Bonchev–Trinajstić information content (AvgIpc) is 2.72. The van der Waals surface area contributed by atoms with Crippen molar-refractivity contribution in [2.24, 2.45) is 0 Å². The van der Waals surface area contributed by atoms with Gasteiger partial charge in [0.05, 0.1) is 33.4 Å². The Morgan fingerprint density at radius 2 is 1.65 bits per heavy atom. The summed E-state index contributed by atoms with van der Waals surface area (Å²) in [5, 5.41) is 3.50. The molecule has 0 fully saturated rings. The standard InChI is InChI=1S/C21H19N5O3S2/c1-11-9-22-15-16(24-11)17-18(23-10-12(2)25-17)21-19(15)26-14-7-3-5-13(20(14)30-21)6-4-8-31(27,28)29/h3,5,7,9-10,26H,4,6,8H2,1-2H3,(H,27,28,29). The molecule has 0 saturated carbocycles. The highest BCUT2D eigenvalue weighted by molar-refractivity contribution is 8.00. The maximum atomic E-state index is 11.1. The highest BCUT2D eigenvalue weighted by Gasteiger charge is 2.26. The Morgan fingerprint density at radius 1 is 0.968 bits per heavy atom. The summed E-state index contributed by atoms with van der Waals surface area (Å²) >= 11 is 1.58. The zero-order chi connectivity index (χ0) is 21.8. The Kier molecular flexibility index (Phi) is 4.80. The third kappa shape index (κ3) is 3.71. The molecule has 158 valence electrons. The van der Waals surface area contributed by atoms with Crippen molar-refractivity contribution < 1.29 is 13.0 Å². The van der Waals surface area contributed by atoms with Gasteiger partial charge in [0.2, 0.25) is 0 Å². The second kappa shape index (κ2) is 7.40. The summed E-state index contributed by atoms with van der Waals surface area (Å²) in [6, 6.07) is 5.89. The van der Waals surface area contributed by atoms with Gasteiger partial charge < -0.3 is 5.32 Å². The summed E-state index contributed by atoms with van der Waals surface area (Å²) in [7, 11) is -3.98. The van der Waals surface area contributed by atoms with Crippen LogP contribution in [-0.4, -0.2) is 38.7 Å². The van der Waals surface area contributed by atoms with Gasteiger partial charge in [-0.1, -0.05) is 23.9 Å². The predicted octanol–water partition coefficient (Wildman–Crippen LogP) is 4.22. The summed E-state index contributed by atoms with van der Waals surface area (Å²) in [4.78, 5) is 20.6. The first-order valence-electron chi connectivity index (χ1n) is 9.75. The number of hydrogen-bond acceptors (Lipinski definition) is 8. The van der Waals surface area contributed by atoms with Gasteiger partial charge in [0, 0.05) is 17.3 Å². The first-order valence-corrected chi connectivity index (χ1v) is 12.2. The molecule has 2 N–H and O–H groups in total. The van der Waals surface area contributed by atoms with E-state index in [0.29, 0.717) is 23.9 Å². The van der Waals surface area contributed by atoms with Crippen LogP contribution in [-0.2, 0) is 16.5 Å². The van der Waals surface area contributed by atoms with E-state index in [1.165, 1.54) is 0 Å². The molecule has 0 bridgehead atoms. The Morgan fingerprint density at radius 3 is 2.35 bits per heavy atom. The van der Waals surface area contributed by atoms with Crippen LogP contribution in [0.5, 0.6) is 0 Å². The smallest absolute Gasteiger partial charge is 0.264 e. The molecule has 4 aromatic rings. The normalized spacial score (nSPS) is 13.1. The lowest BCUT2D eigenvalue weighted by Gasteiger charge is -2.25. The molecular weight excluding hydrogens is 434 g/mol. The van der Waals surface area contributed by atoms with Gasteiger partial charge in [0.1, 0.15) is 22.1 Å². The van der Waals surface area contributed by atoms with Gasteiger partial charge >= 0.3 is 0 Å². The van der Waals surface area contributed by atoms with E-state index in [0.717, 1.165) is 49.2 Å². The molecule has 1 aliphatic rings. The number of aryl methyl sites for hydroxylation is 3. The number of hydrogen-bond donors (Lipinski definition) is 2. The minimum absolute atomic E-state index is 0.265. The van der Waals surface area contributed by atoms with Gasteiger partial charge in [-0.25, -0.2) is 9.97 Å². The van der Waals surface area contributed by atoms with Gasteiger partial charge in [-0.05, 0) is 38.3 Å². The molecule has 5 rings (SSSR count). The average molecular weight is 454 g/mol. The molecule has 0 amide bonds. The maximum Gasteiger partial charge on any atom is 0.264 e. The topological polar surface area (TPSA) is 118 Å². The molecule has 0 radical (unpaired) electrons. The van der Waals surface area contributed by atoms with E-state index < -0.39 is 10.1 Å². The van der Waals surface area contributed by atoms with Gasteiger partial charge in [0.25, 0.3) is 10.1 Å². The highest BCUT2D eigenvalue weighted by atomic mass is 32.2. The predicted molar refractivity (Wildman–Crippen MR) is 121 cm³/mol. The number of nitrogens with zero attached hydrogens (tertiary/aromatic N) is 4. The molecule has 0 aliphatic carbocycles. The van der Waals surface area contributed by atoms with Crippen molar-refractivity contribution in [1.29, 1.82) is 0 Å². The lowest BCUT2D eigenvalue weighted by atomic mass is 10.1. The van der Waals surface area contributed by atoms with E-state index in [9.17, 15) is 8.42 Å². The molecule has 0 atom stereocenters. The molecule has 0 spiro atoms. The summed E-state index contributed by atoms with van der Waals surface area (Å²) in [6.07, 6.45) is 4.35. The second-order valence-corrected chi connectivity index (χ2v) is 10.1. The zero-order valence-corrected chi connectivity index (χ0v) is 18.5. The highest BCUT2D eigenvalue weighted by Crippen LogP contribution is 2.50. The van der Waals surface area contributed by atoms with Crippen LogP contribution in [0.25, 0.3) is 22.1 Å². The Labute approximate surface area is 183 Å². The van der Waals surface area contributed by atoms with Crippen LogP contribution in [0.1, 0.15) is 23.4 Å². The van der Waals surface area contributed by atoms with Crippen molar-refractivity contribution in [2.45, 2.75) is 36.5 Å². The van der Waals surface area contributed by atoms with Crippen LogP contribution >= 0.6 is 11.8 Å². The fourth-order valence-corrected chi connectivity index (χ4v) is 5.50. The number of nitrogens with one attached hydrogen (secondary N) is 1. The van der Waals surface area contributed by atoms with Crippen LogP contribution in [0, 0.1) is 13.8 Å². The monoisotopic (exact) mass is 453 g/mol. The van der Waals surface area contributed by atoms with E-state index in [-0.39, 0.29) is 5.75 Å². The quantitative estimate of drug-likeness (QED) is 0.304. The molecule has 2 aromatic carbocycles. The van der Waals surface area contributed by atoms with Crippen LogP contribution in [0.4, 0.5) is 11.4 Å². The summed E-state index contributed by atoms with van der Waals surface area (Å²) in [5.74, 6) is -0.265. The molecule has 3 heterocycles. The van der Waals surface area contributed by atoms with Crippen LogP contribution in [0.15, 0.2) is 40.4 Å². The number of rotatable bonds is 4. The van der Waals surface area contributed by atoms with E-state index in [1.807, 2.05) is 32.0 Å². The minimum atomic E-state index is -3.98. The van der Waals surface area contributed by atoms with Crippen molar-refractivity contribution in [3.63, 3.8) is 0 Å². The van der Waals surface area contributed by atoms with Crippen LogP contribution in [0.2, 0.25) is 0 Å². The van der Waals surface area contributed by atoms with Crippen molar-refractivity contribution in [3.8, 4) is 0 Å². The largest absolute Gasteiger partial charge is 0.352 e. The Balaban J connectivity index is 1.66. The molecule has 8 nitrogen and oxygen atoms in total. The van der Waals surface area contributed by atoms with E-state index in [2.05, 4.69) is 15.3 Å². The summed E-state index contributed by atoms with van der Waals surface area (Å²) in [6.45, 7) is 3.80. The molecule has 31 heavy (non-hydrogen) atoms. The van der Waals surface area contributed by atoms with E-state index in [1.54, 1.807) is 24.2 Å². The van der Waals surface area contributed by atoms with E-state index >= 15 is 0 Å². The first kappa shape index (κ1) is 20.1. The summed E-state index contributed by atoms with van der Waals surface area (Å²) in [5.41, 5.74) is 7.31. The zero-order valence-electron chi connectivity index (χ0n) is 16.9. The van der Waals surface area contributed by atoms with Crippen molar-refractivity contribution in [3.05, 3.63) is 47.5 Å². The van der Waals surface area contributed by atoms with Gasteiger partial charge in [-0.15, -0.1) is 0 Å².